The molecule has 1 aliphatic carbocycles. The summed E-state index contributed by atoms with van der Waals surface area (Å²) < 4.78 is 2.58. The highest BCUT2D eigenvalue weighted by Crippen LogP contribution is 2.53. The van der Waals surface area contributed by atoms with Gasteiger partial charge in [0.15, 0.2) is 0 Å². The number of hydrogen-bond donors (Lipinski definition) is 0. The molecule has 1 aliphatic rings. The molecule has 216 valence electrons. The summed E-state index contributed by atoms with van der Waals surface area (Å²) in [5.74, 6) is 0. The molecule has 1 heterocycles. The summed E-state index contributed by atoms with van der Waals surface area (Å²) in [4.78, 5) is 0. The van der Waals surface area contributed by atoms with Gasteiger partial charge in [-0.2, -0.15) is 0 Å². The Morgan fingerprint density at radius 1 is 0.319 bits per heavy atom. The molecule has 0 unspecified atom stereocenters. The van der Waals surface area contributed by atoms with Crippen LogP contribution in [0.5, 0.6) is 0 Å². The minimum atomic E-state index is 1.24. The third-order valence-corrected chi connectivity index (χ3v) is 10.5. The molecule has 0 bridgehead atoms. The minimum Gasteiger partial charge on any atom is -0.308 e. The molecule has 0 atom stereocenters. The Hall–Kier alpha value is -6.18. The van der Waals surface area contributed by atoms with Crippen molar-refractivity contribution in [2.75, 3.05) is 0 Å². The average Bonchev–Trinajstić information content (AvgIpc) is 3.39. The van der Waals surface area contributed by atoms with E-state index in [-0.39, 0.29) is 0 Å². The number of benzene rings is 9. The zero-order valence-electron chi connectivity index (χ0n) is 25.5. The first kappa shape index (κ1) is 25.1. The van der Waals surface area contributed by atoms with E-state index in [2.05, 4.69) is 168 Å². The van der Waals surface area contributed by atoms with Crippen molar-refractivity contribution in [2.45, 2.75) is 0 Å². The SMILES string of the molecule is c1ccc(-c2c3ccccc3c(-n3c4cccc5c4c4c(c6ccccc6cc43)-c3cccc4cccc-5c34)c3ccccc23)cc1. The predicted octanol–water partition coefficient (Wildman–Crippen LogP) is 12.7. The van der Waals surface area contributed by atoms with E-state index < -0.39 is 0 Å². The molecular formula is C46H27N. The van der Waals surface area contributed by atoms with Crippen LogP contribution in [0.4, 0.5) is 0 Å². The second-order valence-electron chi connectivity index (χ2n) is 12.8. The van der Waals surface area contributed by atoms with E-state index in [0.717, 1.165) is 0 Å². The highest BCUT2D eigenvalue weighted by atomic mass is 15.0. The lowest BCUT2D eigenvalue weighted by Gasteiger charge is -2.20. The molecule has 0 aliphatic heterocycles. The van der Waals surface area contributed by atoms with Crippen LogP contribution in [0.1, 0.15) is 0 Å². The number of aromatic nitrogens is 1. The van der Waals surface area contributed by atoms with Gasteiger partial charge < -0.3 is 4.57 Å². The van der Waals surface area contributed by atoms with Crippen molar-refractivity contribution < 1.29 is 0 Å². The number of nitrogens with zero attached hydrogens (tertiary/aromatic N) is 1. The van der Waals surface area contributed by atoms with E-state index in [4.69, 9.17) is 0 Å². The Balaban J connectivity index is 1.42. The van der Waals surface area contributed by atoms with Crippen LogP contribution in [0, 0.1) is 0 Å². The van der Waals surface area contributed by atoms with Gasteiger partial charge in [0, 0.05) is 27.1 Å². The molecule has 0 radical (unpaired) electrons. The highest BCUT2D eigenvalue weighted by Gasteiger charge is 2.28. The molecule has 1 nitrogen and oxygen atoms in total. The van der Waals surface area contributed by atoms with Crippen molar-refractivity contribution in [1.29, 1.82) is 0 Å². The fourth-order valence-corrected chi connectivity index (χ4v) is 8.66. The van der Waals surface area contributed by atoms with Crippen molar-refractivity contribution in [2.24, 2.45) is 0 Å². The summed E-state index contributed by atoms with van der Waals surface area (Å²) in [5, 5.41) is 12.9. The van der Waals surface area contributed by atoms with E-state index in [1.807, 2.05) is 0 Å². The maximum Gasteiger partial charge on any atom is 0.0619 e. The summed E-state index contributed by atoms with van der Waals surface area (Å²) in [6.07, 6.45) is 0. The van der Waals surface area contributed by atoms with Crippen molar-refractivity contribution >= 4 is 64.9 Å². The predicted molar refractivity (Wildman–Crippen MR) is 201 cm³/mol. The van der Waals surface area contributed by atoms with Crippen LogP contribution in [0.3, 0.4) is 0 Å². The highest BCUT2D eigenvalue weighted by molar-refractivity contribution is 6.32. The molecule has 0 saturated heterocycles. The van der Waals surface area contributed by atoms with Crippen molar-refractivity contribution in [3.8, 4) is 39.1 Å². The van der Waals surface area contributed by atoms with Gasteiger partial charge in [0.05, 0.1) is 16.7 Å². The molecule has 1 heteroatoms. The van der Waals surface area contributed by atoms with Gasteiger partial charge in [-0.15, -0.1) is 0 Å². The molecule has 9 aromatic carbocycles. The van der Waals surface area contributed by atoms with Crippen LogP contribution < -0.4 is 0 Å². The third-order valence-electron chi connectivity index (χ3n) is 10.5. The number of rotatable bonds is 2. The van der Waals surface area contributed by atoms with Gasteiger partial charge in [0.1, 0.15) is 0 Å². The molecular weight excluding hydrogens is 567 g/mol. The van der Waals surface area contributed by atoms with Gasteiger partial charge in [-0.25, -0.2) is 0 Å². The van der Waals surface area contributed by atoms with Crippen LogP contribution in [-0.2, 0) is 0 Å². The minimum absolute atomic E-state index is 1.24. The molecule has 0 N–H and O–H groups in total. The fourth-order valence-electron chi connectivity index (χ4n) is 8.66. The first-order valence-electron chi connectivity index (χ1n) is 16.4. The van der Waals surface area contributed by atoms with Gasteiger partial charge in [-0.1, -0.05) is 152 Å². The largest absolute Gasteiger partial charge is 0.308 e. The topological polar surface area (TPSA) is 4.93 Å². The summed E-state index contributed by atoms with van der Waals surface area (Å²) >= 11 is 0. The van der Waals surface area contributed by atoms with Gasteiger partial charge in [0.25, 0.3) is 0 Å². The Morgan fingerprint density at radius 2 is 0.872 bits per heavy atom. The lowest BCUT2D eigenvalue weighted by molar-refractivity contribution is 1.22. The van der Waals surface area contributed by atoms with Crippen LogP contribution in [0.25, 0.3) is 104 Å². The van der Waals surface area contributed by atoms with Crippen molar-refractivity contribution in [3.05, 3.63) is 164 Å². The summed E-state index contributed by atoms with van der Waals surface area (Å²) in [7, 11) is 0. The molecule has 0 fully saturated rings. The quantitative estimate of drug-likeness (QED) is 0.176. The third kappa shape index (κ3) is 3.23. The van der Waals surface area contributed by atoms with E-state index >= 15 is 0 Å². The molecule has 1 aromatic heterocycles. The first-order valence-corrected chi connectivity index (χ1v) is 16.4. The Kier molecular flexibility index (Phi) is 4.90. The zero-order valence-corrected chi connectivity index (χ0v) is 25.5. The zero-order chi connectivity index (χ0) is 30.6. The monoisotopic (exact) mass is 593 g/mol. The van der Waals surface area contributed by atoms with E-state index in [9.17, 15) is 0 Å². The van der Waals surface area contributed by atoms with Crippen molar-refractivity contribution in [3.63, 3.8) is 0 Å². The van der Waals surface area contributed by atoms with Crippen LogP contribution in [0.2, 0.25) is 0 Å². The number of fused-ring (bicyclic) bond motifs is 6. The molecule has 11 rings (SSSR count). The van der Waals surface area contributed by atoms with E-state index in [0.29, 0.717) is 0 Å². The first-order chi connectivity index (χ1) is 23.4. The summed E-state index contributed by atoms with van der Waals surface area (Å²) in [6.45, 7) is 0. The second kappa shape index (κ2) is 9.19. The molecule has 0 saturated carbocycles. The maximum atomic E-state index is 2.58. The Labute approximate surface area is 271 Å². The average molecular weight is 594 g/mol. The standard InChI is InChI=1S/C46H27N/c1-2-13-28(14-3-1)41-34-19-6-8-21-36(34)46(37-22-9-7-20-35(37)41)47-39-26-12-24-33-32-23-10-16-29-17-11-25-38(42(29)32)43-31-18-5-4-15-30(31)27-40(47)45(43)44(33)39/h1-27H. The smallest absolute Gasteiger partial charge is 0.0619 e. The molecule has 47 heavy (non-hydrogen) atoms. The Morgan fingerprint density at radius 3 is 1.60 bits per heavy atom. The second-order valence-corrected chi connectivity index (χ2v) is 12.8. The van der Waals surface area contributed by atoms with Crippen LogP contribution in [-0.4, -0.2) is 4.57 Å². The molecule has 0 amide bonds. The van der Waals surface area contributed by atoms with E-state index in [1.165, 1.54) is 104 Å². The molecule has 0 spiro atoms. The summed E-state index contributed by atoms with van der Waals surface area (Å²) in [6, 6.07) is 60.7. The summed E-state index contributed by atoms with van der Waals surface area (Å²) in [5.41, 5.74) is 11.5. The van der Waals surface area contributed by atoms with Gasteiger partial charge >= 0.3 is 0 Å². The van der Waals surface area contributed by atoms with Crippen molar-refractivity contribution in [1.82, 2.24) is 4.57 Å². The van der Waals surface area contributed by atoms with Gasteiger partial charge in [-0.3, -0.25) is 0 Å². The number of hydrogen-bond acceptors (Lipinski definition) is 0. The lowest BCUT2D eigenvalue weighted by Crippen LogP contribution is -1.99. The molecule has 10 aromatic rings. The lowest BCUT2D eigenvalue weighted by atomic mass is 9.90. The van der Waals surface area contributed by atoms with Crippen LogP contribution in [0.15, 0.2) is 164 Å². The Bertz CT molecular complexity index is 2880. The van der Waals surface area contributed by atoms with Gasteiger partial charge in [-0.05, 0) is 72.3 Å². The van der Waals surface area contributed by atoms with E-state index in [1.54, 1.807) is 0 Å². The van der Waals surface area contributed by atoms with Crippen LogP contribution >= 0.6 is 0 Å². The van der Waals surface area contributed by atoms with Gasteiger partial charge in [0.2, 0.25) is 0 Å². The normalized spacial score (nSPS) is 12.3. The fraction of sp³-hybridized carbons (Fsp3) is 0. The maximum absolute atomic E-state index is 2.58.